The number of amides is 1. The molecule has 2 aliphatic heterocycles. The Labute approximate surface area is 156 Å². The summed E-state index contributed by atoms with van der Waals surface area (Å²) in [5.41, 5.74) is 4.16. The summed E-state index contributed by atoms with van der Waals surface area (Å²) in [6, 6.07) is 19.2. The van der Waals surface area contributed by atoms with Gasteiger partial charge in [0.15, 0.2) is 0 Å². The van der Waals surface area contributed by atoms with Crippen LogP contribution < -0.4 is 0 Å². The van der Waals surface area contributed by atoms with Crippen LogP contribution >= 0.6 is 0 Å². The number of carbonyl (C=O) groups is 1. The highest BCUT2D eigenvalue weighted by molar-refractivity contribution is 5.78. The van der Waals surface area contributed by atoms with Crippen molar-refractivity contribution in [3.63, 3.8) is 0 Å². The van der Waals surface area contributed by atoms with Crippen LogP contribution in [0.5, 0.6) is 0 Å². The molecule has 1 fully saturated rings. The Morgan fingerprint density at radius 3 is 2.23 bits per heavy atom. The highest BCUT2D eigenvalue weighted by atomic mass is 16.2. The minimum atomic E-state index is 0.281. The molecule has 1 saturated heterocycles. The molecule has 0 aliphatic carbocycles. The Kier molecular flexibility index (Phi) is 5.32. The summed E-state index contributed by atoms with van der Waals surface area (Å²) < 4.78 is 0. The lowest BCUT2D eigenvalue weighted by atomic mass is 10.00. The highest BCUT2D eigenvalue weighted by Gasteiger charge is 2.24. The Hall–Kier alpha value is -2.17. The van der Waals surface area contributed by atoms with Crippen LogP contribution in [0.1, 0.15) is 16.7 Å². The zero-order valence-corrected chi connectivity index (χ0v) is 15.3. The van der Waals surface area contributed by atoms with E-state index in [0.717, 1.165) is 52.2 Å². The number of piperazine rings is 1. The molecule has 26 heavy (non-hydrogen) atoms. The van der Waals surface area contributed by atoms with Gasteiger partial charge >= 0.3 is 0 Å². The van der Waals surface area contributed by atoms with Crippen LogP contribution in [0.2, 0.25) is 0 Å². The molecule has 2 heterocycles. The van der Waals surface area contributed by atoms with Crippen LogP contribution in [-0.2, 0) is 24.3 Å². The van der Waals surface area contributed by atoms with E-state index in [0.29, 0.717) is 6.54 Å². The SMILES string of the molecule is O=C(CN1CCc2ccccc2C1)N1CCN(Cc2ccccc2)CC1. The van der Waals surface area contributed by atoms with Gasteiger partial charge in [-0.3, -0.25) is 14.6 Å². The maximum atomic E-state index is 12.7. The smallest absolute Gasteiger partial charge is 0.236 e. The molecule has 0 spiro atoms. The van der Waals surface area contributed by atoms with Gasteiger partial charge in [0, 0.05) is 45.8 Å². The molecule has 0 radical (unpaired) electrons. The molecule has 0 aromatic heterocycles. The van der Waals surface area contributed by atoms with Gasteiger partial charge in [0.1, 0.15) is 0 Å². The second kappa shape index (κ2) is 8.02. The maximum absolute atomic E-state index is 12.7. The summed E-state index contributed by atoms with van der Waals surface area (Å²) in [5.74, 6) is 0.281. The number of rotatable bonds is 4. The monoisotopic (exact) mass is 349 g/mol. The third kappa shape index (κ3) is 4.14. The molecule has 4 heteroatoms. The van der Waals surface area contributed by atoms with Gasteiger partial charge in [0.05, 0.1) is 6.54 Å². The summed E-state index contributed by atoms with van der Waals surface area (Å²) in [6.45, 7) is 7.02. The van der Waals surface area contributed by atoms with E-state index in [4.69, 9.17) is 0 Å². The van der Waals surface area contributed by atoms with Crippen molar-refractivity contribution in [1.82, 2.24) is 14.7 Å². The molecule has 0 saturated carbocycles. The maximum Gasteiger partial charge on any atom is 0.236 e. The van der Waals surface area contributed by atoms with Gasteiger partial charge < -0.3 is 4.90 Å². The third-order valence-electron chi connectivity index (χ3n) is 5.54. The van der Waals surface area contributed by atoms with Gasteiger partial charge in [-0.2, -0.15) is 0 Å². The quantitative estimate of drug-likeness (QED) is 0.848. The first-order valence-corrected chi connectivity index (χ1v) is 9.61. The van der Waals surface area contributed by atoms with Gasteiger partial charge in [-0.15, -0.1) is 0 Å². The predicted molar refractivity (Wildman–Crippen MR) is 104 cm³/mol. The van der Waals surface area contributed by atoms with E-state index in [1.165, 1.54) is 16.7 Å². The topological polar surface area (TPSA) is 26.8 Å². The van der Waals surface area contributed by atoms with Crippen molar-refractivity contribution in [2.24, 2.45) is 0 Å². The van der Waals surface area contributed by atoms with E-state index < -0.39 is 0 Å². The van der Waals surface area contributed by atoms with Crippen LogP contribution in [-0.4, -0.2) is 59.9 Å². The first-order valence-electron chi connectivity index (χ1n) is 9.61. The van der Waals surface area contributed by atoms with E-state index in [1.54, 1.807) is 0 Å². The van der Waals surface area contributed by atoms with Crippen LogP contribution in [0.3, 0.4) is 0 Å². The van der Waals surface area contributed by atoms with Crippen LogP contribution in [0.15, 0.2) is 54.6 Å². The third-order valence-corrected chi connectivity index (χ3v) is 5.54. The zero-order chi connectivity index (χ0) is 17.8. The lowest BCUT2D eigenvalue weighted by Crippen LogP contribution is -2.51. The van der Waals surface area contributed by atoms with Gasteiger partial charge in [-0.25, -0.2) is 0 Å². The molecule has 0 atom stereocenters. The second-order valence-electron chi connectivity index (χ2n) is 7.37. The molecule has 2 aromatic carbocycles. The molecule has 4 nitrogen and oxygen atoms in total. The molecule has 2 aromatic rings. The lowest BCUT2D eigenvalue weighted by molar-refractivity contribution is -0.134. The standard InChI is InChI=1S/C22H27N3O/c26-22(18-24-11-10-20-8-4-5-9-21(20)17-24)25-14-12-23(13-15-25)16-19-6-2-1-3-7-19/h1-9H,10-18H2. The second-order valence-corrected chi connectivity index (χ2v) is 7.37. The molecule has 136 valence electrons. The van der Waals surface area contributed by atoms with Gasteiger partial charge in [0.2, 0.25) is 5.91 Å². The molecule has 2 aliphatic rings. The zero-order valence-electron chi connectivity index (χ0n) is 15.3. The first kappa shape index (κ1) is 17.3. The number of hydrogen-bond donors (Lipinski definition) is 0. The molecule has 0 bridgehead atoms. The van der Waals surface area contributed by atoms with Crippen molar-refractivity contribution < 1.29 is 4.79 Å². The fraction of sp³-hybridized carbons (Fsp3) is 0.409. The largest absolute Gasteiger partial charge is 0.339 e. The summed E-state index contributed by atoms with van der Waals surface area (Å²) in [7, 11) is 0. The fourth-order valence-electron chi connectivity index (χ4n) is 3.98. The minimum Gasteiger partial charge on any atom is -0.339 e. The number of fused-ring (bicyclic) bond motifs is 1. The molecular formula is C22H27N3O. The Morgan fingerprint density at radius 1 is 0.769 bits per heavy atom. The van der Waals surface area contributed by atoms with Crippen molar-refractivity contribution in [3.05, 3.63) is 71.3 Å². The summed E-state index contributed by atoms with van der Waals surface area (Å²) in [6.07, 6.45) is 1.05. The number of carbonyl (C=O) groups excluding carboxylic acids is 1. The minimum absolute atomic E-state index is 0.281. The predicted octanol–water partition coefficient (Wildman–Crippen LogP) is 2.39. The van der Waals surface area contributed by atoms with Gasteiger partial charge in [-0.1, -0.05) is 54.6 Å². The summed E-state index contributed by atoms with van der Waals surface area (Å²) >= 11 is 0. The van der Waals surface area contributed by atoms with Gasteiger partial charge in [-0.05, 0) is 23.1 Å². The average molecular weight is 349 g/mol. The lowest BCUT2D eigenvalue weighted by Gasteiger charge is -2.36. The molecule has 4 rings (SSSR count). The first-order chi connectivity index (χ1) is 12.8. The Bertz CT molecular complexity index is 738. The molecule has 0 unspecified atom stereocenters. The van der Waals surface area contributed by atoms with Crippen molar-refractivity contribution in [1.29, 1.82) is 0 Å². The van der Waals surface area contributed by atoms with Crippen molar-refractivity contribution in [2.75, 3.05) is 39.3 Å². The number of benzene rings is 2. The number of hydrogen-bond acceptors (Lipinski definition) is 3. The summed E-state index contributed by atoms with van der Waals surface area (Å²) in [4.78, 5) is 19.5. The van der Waals surface area contributed by atoms with E-state index >= 15 is 0 Å². The van der Waals surface area contributed by atoms with Crippen LogP contribution in [0.25, 0.3) is 0 Å². The summed E-state index contributed by atoms with van der Waals surface area (Å²) in [5, 5.41) is 0. The van der Waals surface area contributed by atoms with Gasteiger partial charge in [0.25, 0.3) is 0 Å². The Balaban J connectivity index is 1.25. The van der Waals surface area contributed by atoms with E-state index in [9.17, 15) is 4.79 Å². The van der Waals surface area contributed by atoms with E-state index in [2.05, 4.69) is 64.4 Å². The Morgan fingerprint density at radius 2 is 1.46 bits per heavy atom. The highest BCUT2D eigenvalue weighted by Crippen LogP contribution is 2.18. The number of nitrogens with zero attached hydrogens (tertiary/aromatic N) is 3. The molecule has 0 N–H and O–H groups in total. The molecule has 1 amide bonds. The van der Waals surface area contributed by atoms with Crippen molar-refractivity contribution in [2.45, 2.75) is 19.5 Å². The average Bonchev–Trinajstić information content (AvgIpc) is 2.69. The van der Waals surface area contributed by atoms with Crippen LogP contribution in [0, 0.1) is 0 Å². The molecular weight excluding hydrogens is 322 g/mol. The van der Waals surface area contributed by atoms with Crippen molar-refractivity contribution in [3.8, 4) is 0 Å². The van der Waals surface area contributed by atoms with Crippen LogP contribution in [0.4, 0.5) is 0 Å². The normalized spacial score (nSPS) is 18.5. The van der Waals surface area contributed by atoms with E-state index in [-0.39, 0.29) is 5.91 Å². The van der Waals surface area contributed by atoms with E-state index in [1.807, 2.05) is 4.90 Å². The fourth-order valence-corrected chi connectivity index (χ4v) is 3.98. The van der Waals surface area contributed by atoms with Crippen molar-refractivity contribution >= 4 is 5.91 Å².